The van der Waals surface area contributed by atoms with Gasteiger partial charge >= 0.3 is 5.97 Å². The number of fused-ring (bicyclic) bond motifs is 1. The number of hydrogen-bond acceptors (Lipinski definition) is 3. The van der Waals surface area contributed by atoms with E-state index in [-0.39, 0.29) is 12.2 Å². The van der Waals surface area contributed by atoms with E-state index in [2.05, 4.69) is 5.32 Å². The molecule has 3 nitrogen and oxygen atoms in total. The van der Waals surface area contributed by atoms with Crippen LogP contribution in [0.4, 0.5) is 5.69 Å². The van der Waals surface area contributed by atoms with Crippen LogP contribution in [0.3, 0.4) is 0 Å². The molecule has 1 aliphatic rings. The van der Waals surface area contributed by atoms with E-state index in [9.17, 15) is 4.79 Å². The topological polar surface area (TPSA) is 38.3 Å². The second kappa shape index (κ2) is 4.53. The standard InChI is InChI=1S/C15H13NO2/c17-15-12-8-4-5-9-13(12)16-14(18-15)10-11-6-2-1-3-7-11/h1-9,14,16H,10H2. The van der Waals surface area contributed by atoms with Crippen LogP contribution in [0.5, 0.6) is 0 Å². The zero-order valence-corrected chi connectivity index (χ0v) is 9.80. The molecular formula is C15H13NO2. The van der Waals surface area contributed by atoms with Crippen LogP contribution in [-0.2, 0) is 11.2 Å². The lowest BCUT2D eigenvalue weighted by atomic mass is 10.1. The van der Waals surface area contributed by atoms with Gasteiger partial charge in [-0.2, -0.15) is 0 Å². The largest absolute Gasteiger partial charge is 0.438 e. The molecule has 1 N–H and O–H groups in total. The molecule has 90 valence electrons. The Morgan fingerprint density at radius 1 is 1.00 bits per heavy atom. The molecule has 2 aromatic carbocycles. The molecule has 0 aromatic heterocycles. The van der Waals surface area contributed by atoms with E-state index in [1.54, 1.807) is 6.07 Å². The number of cyclic esters (lactones) is 1. The zero-order valence-electron chi connectivity index (χ0n) is 9.80. The highest BCUT2D eigenvalue weighted by molar-refractivity contribution is 5.97. The molecule has 0 saturated heterocycles. The van der Waals surface area contributed by atoms with E-state index < -0.39 is 0 Å². The monoisotopic (exact) mass is 239 g/mol. The number of carbonyl (C=O) groups is 1. The van der Waals surface area contributed by atoms with Gasteiger partial charge in [-0.15, -0.1) is 0 Å². The van der Waals surface area contributed by atoms with Crippen LogP contribution < -0.4 is 5.32 Å². The van der Waals surface area contributed by atoms with Crippen molar-refractivity contribution in [2.45, 2.75) is 12.6 Å². The first-order valence-corrected chi connectivity index (χ1v) is 5.93. The fourth-order valence-electron chi connectivity index (χ4n) is 2.10. The number of nitrogens with one attached hydrogen (secondary N) is 1. The van der Waals surface area contributed by atoms with Gasteiger partial charge in [0.1, 0.15) is 0 Å². The molecule has 0 radical (unpaired) electrons. The summed E-state index contributed by atoms with van der Waals surface area (Å²) < 4.78 is 5.37. The number of esters is 1. The van der Waals surface area contributed by atoms with E-state index in [1.807, 2.05) is 48.5 Å². The molecule has 0 spiro atoms. The summed E-state index contributed by atoms with van der Waals surface area (Å²) in [4.78, 5) is 11.8. The maximum absolute atomic E-state index is 11.8. The van der Waals surface area contributed by atoms with Crippen LogP contribution in [0.2, 0.25) is 0 Å². The van der Waals surface area contributed by atoms with E-state index >= 15 is 0 Å². The molecule has 0 aliphatic carbocycles. The number of rotatable bonds is 2. The van der Waals surface area contributed by atoms with Crippen molar-refractivity contribution in [2.75, 3.05) is 5.32 Å². The van der Waals surface area contributed by atoms with Crippen LogP contribution >= 0.6 is 0 Å². The molecule has 0 bridgehead atoms. The van der Waals surface area contributed by atoms with E-state index in [0.29, 0.717) is 12.0 Å². The van der Waals surface area contributed by atoms with Crippen molar-refractivity contribution in [3.63, 3.8) is 0 Å². The highest BCUT2D eigenvalue weighted by Gasteiger charge is 2.24. The van der Waals surface area contributed by atoms with E-state index in [0.717, 1.165) is 11.3 Å². The molecule has 1 aliphatic heterocycles. The van der Waals surface area contributed by atoms with Crippen LogP contribution in [0, 0.1) is 0 Å². The molecular weight excluding hydrogens is 226 g/mol. The fourth-order valence-corrected chi connectivity index (χ4v) is 2.10. The van der Waals surface area contributed by atoms with Crippen molar-refractivity contribution < 1.29 is 9.53 Å². The molecule has 0 amide bonds. The van der Waals surface area contributed by atoms with Gasteiger partial charge in [-0.05, 0) is 17.7 Å². The zero-order chi connectivity index (χ0) is 12.4. The van der Waals surface area contributed by atoms with Gasteiger partial charge in [-0.25, -0.2) is 4.79 Å². The summed E-state index contributed by atoms with van der Waals surface area (Å²) >= 11 is 0. The third-order valence-electron chi connectivity index (χ3n) is 2.98. The number of ether oxygens (including phenoxy) is 1. The van der Waals surface area contributed by atoms with E-state index in [4.69, 9.17) is 4.74 Å². The van der Waals surface area contributed by atoms with Crippen molar-refractivity contribution in [2.24, 2.45) is 0 Å². The van der Waals surface area contributed by atoms with Gasteiger partial charge in [0.15, 0.2) is 6.23 Å². The second-order valence-electron chi connectivity index (χ2n) is 4.27. The molecule has 18 heavy (non-hydrogen) atoms. The number of carbonyl (C=O) groups excluding carboxylic acids is 1. The lowest BCUT2D eigenvalue weighted by Gasteiger charge is -2.26. The maximum Gasteiger partial charge on any atom is 0.342 e. The van der Waals surface area contributed by atoms with Gasteiger partial charge in [0, 0.05) is 6.42 Å². The van der Waals surface area contributed by atoms with Gasteiger partial charge in [0.25, 0.3) is 0 Å². The van der Waals surface area contributed by atoms with E-state index in [1.165, 1.54) is 0 Å². The average Bonchev–Trinajstić information content (AvgIpc) is 2.40. The lowest BCUT2D eigenvalue weighted by Crippen LogP contribution is -2.33. The first kappa shape index (κ1) is 10.8. The Morgan fingerprint density at radius 2 is 1.72 bits per heavy atom. The van der Waals surface area contributed by atoms with Crippen molar-refractivity contribution >= 4 is 11.7 Å². The Balaban J connectivity index is 1.80. The quantitative estimate of drug-likeness (QED) is 0.819. The summed E-state index contributed by atoms with van der Waals surface area (Å²) in [7, 11) is 0. The Hall–Kier alpha value is -2.29. The minimum Gasteiger partial charge on any atom is -0.438 e. The van der Waals surface area contributed by atoms with Crippen molar-refractivity contribution in [3.8, 4) is 0 Å². The summed E-state index contributed by atoms with van der Waals surface area (Å²) in [5, 5.41) is 3.23. The summed E-state index contributed by atoms with van der Waals surface area (Å²) in [6, 6.07) is 17.4. The molecule has 0 fully saturated rings. The molecule has 1 unspecified atom stereocenters. The second-order valence-corrected chi connectivity index (χ2v) is 4.27. The minimum atomic E-state index is -0.296. The minimum absolute atomic E-state index is 0.259. The summed E-state index contributed by atoms with van der Waals surface area (Å²) in [5.74, 6) is -0.259. The highest BCUT2D eigenvalue weighted by atomic mass is 16.6. The average molecular weight is 239 g/mol. The predicted molar refractivity (Wildman–Crippen MR) is 69.4 cm³/mol. The van der Waals surface area contributed by atoms with Crippen LogP contribution in [-0.4, -0.2) is 12.2 Å². The van der Waals surface area contributed by atoms with Crippen molar-refractivity contribution in [1.29, 1.82) is 0 Å². The highest BCUT2D eigenvalue weighted by Crippen LogP contribution is 2.24. The van der Waals surface area contributed by atoms with Crippen LogP contribution in [0.15, 0.2) is 54.6 Å². The van der Waals surface area contributed by atoms with Crippen molar-refractivity contribution in [1.82, 2.24) is 0 Å². The normalized spacial score (nSPS) is 17.6. The molecule has 1 heterocycles. The molecule has 3 heteroatoms. The van der Waals surface area contributed by atoms with Crippen LogP contribution in [0.25, 0.3) is 0 Å². The lowest BCUT2D eigenvalue weighted by molar-refractivity contribution is 0.0335. The summed E-state index contributed by atoms with van der Waals surface area (Å²) in [6.45, 7) is 0. The van der Waals surface area contributed by atoms with Gasteiger partial charge in [0.05, 0.1) is 11.3 Å². The molecule has 3 rings (SSSR count). The van der Waals surface area contributed by atoms with Gasteiger partial charge in [-0.3, -0.25) is 0 Å². The first-order chi connectivity index (χ1) is 8.83. The Labute approximate surface area is 105 Å². The predicted octanol–water partition coefficient (Wildman–Crippen LogP) is 2.84. The number of hydrogen-bond donors (Lipinski definition) is 1. The third-order valence-corrected chi connectivity index (χ3v) is 2.98. The molecule has 0 saturated carbocycles. The first-order valence-electron chi connectivity index (χ1n) is 5.93. The number of para-hydroxylation sites is 1. The maximum atomic E-state index is 11.8. The SMILES string of the molecule is O=C1OC(Cc2ccccc2)Nc2ccccc21. The Morgan fingerprint density at radius 3 is 2.56 bits per heavy atom. The summed E-state index contributed by atoms with van der Waals surface area (Å²) in [6.07, 6.45) is 0.371. The fraction of sp³-hybridized carbons (Fsp3) is 0.133. The van der Waals surface area contributed by atoms with Gasteiger partial charge in [-0.1, -0.05) is 42.5 Å². The Bertz CT molecular complexity index is 566. The number of anilines is 1. The van der Waals surface area contributed by atoms with Gasteiger partial charge in [0.2, 0.25) is 0 Å². The van der Waals surface area contributed by atoms with Gasteiger partial charge < -0.3 is 10.1 Å². The smallest absolute Gasteiger partial charge is 0.342 e. The molecule has 2 aromatic rings. The van der Waals surface area contributed by atoms with Crippen LogP contribution in [0.1, 0.15) is 15.9 Å². The Kier molecular flexibility index (Phi) is 2.73. The summed E-state index contributed by atoms with van der Waals surface area (Å²) in [5.41, 5.74) is 2.58. The molecule has 1 atom stereocenters. The van der Waals surface area contributed by atoms with Crippen molar-refractivity contribution in [3.05, 3.63) is 65.7 Å². The number of benzene rings is 2. The third kappa shape index (κ3) is 2.07.